The molecule has 1 unspecified atom stereocenters. The highest BCUT2D eigenvalue weighted by Crippen LogP contribution is 2.31. The third-order valence-corrected chi connectivity index (χ3v) is 4.56. The maximum Gasteiger partial charge on any atom is 0.416 e. The molecule has 1 amide bonds. The second kappa shape index (κ2) is 9.44. The van der Waals surface area contributed by atoms with Gasteiger partial charge in [-0.1, -0.05) is 23.2 Å². The Kier molecular flexibility index (Phi) is 7.73. The van der Waals surface area contributed by atoms with Crippen molar-refractivity contribution in [1.82, 2.24) is 5.48 Å². The van der Waals surface area contributed by atoms with Gasteiger partial charge in [0.1, 0.15) is 12.4 Å². The summed E-state index contributed by atoms with van der Waals surface area (Å²) in [5, 5.41) is 11.5. The van der Waals surface area contributed by atoms with E-state index in [1.165, 1.54) is 0 Å². The second-order valence-corrected chi connectivity index (χ2v) is 7.42. The molecule has 0 aliphatic heterocycles. The number of amides is 1. The molecule has 2 rings (SSSR count). The molecule has 0 aliphatic carbocycles. The molecule has 2 aromatic carbocycles. The average molecular weight is 553 g/mol. The highest BCUT2D eigenvalue weighted by molar-refractivity contribution is 14.1. The zero-order chi connectivity index (χ0) is 21.1. The molecule has 152 valence electrons. The summed E-state index contributed by atoms with van der Waals surface area (Å²) in [6.07, 6.45) is -7.69. The first-order valence-electron chi connectivity index (χ1n) is 7.37. The van der Waals surface area contributed by atoms with Crippen LogP contribution in [-0.4, -0.2) is 29.9 Å². The maximum atomic E-state index is 13.9. The minimum atomic E-state index is -4.90. The number of aliphatic hydroxyl groups is 1. The Morgan fingerprint density at radius 1 is 1.18 bits per heavy atom. The number of aliphatic hydroxyl groups excluding tert-OH is 1. The molecule has 0 spiro atoms. The lowest BCUT2D eigenvalue weighted by Crippen LogP contribution is -2.36. The van der Waals surface area contributed by atoms with Crippen molar-refractivity contribution in [3.8, 4) is 0 Å². The summed E-state index contributed by atoms with van der Waals surface area (Å²) in [5.41, 5.74) is 1.82. The van der Waals surface area contributed by atoms with E-state index in [0.717, 1.165) is 15.7 Å². The van der Waals surface area contributed by atoms with Crippen molar-refractivity contribution in [2.45, 2.75) is 12.3 Å². The number of carbonyl (C=O) groups excluding carboxylic acids is 1. The number of hydroxylamine groups is 1. The number of alkyl halides is 3. The molecule has 0 aliphatic rings. The van der Waals surface area contributed by atoms with Crippen LogP contribution in [0.25, 0.3) is 0 Å². The van der Waals surface area contributed by atoms with Crippen LogP contribution in [0.4, 0.5) is 28.9 Å². The fraction of sp³-hybridized carbons (Fsp3) is 0.188. The predicted molar refractivity (Wildman–Crippen MR) is 104 cm³/mol. The standard InChI is InChI=1S/C16H11Cl2F4IN2O3/c17-9-4-8(15(27)25-28-6-14(26)16(20,21)22)13(5-11(9)19)24-12-2-1-7(23)3-10(12)18/h1-5,14,24,26H,6H2,(H,25,27). The molecule has 0 saturated heterocycles. The van der Waals surface area contributed by atoms with E-state index in [1.54, 1.807) is 23.7 Å². The van der Waals surface area contributed by atoms with Gasteiger partial charge in [0, 0.05) is 3.57 Å². The van der Waals surface area contributed by atoms with Crippen LogP contribution in [-0.2, 0) is 4.84 Å². The third-order valence-electron chi connectivity index (χ3n) is 3.29. The molecule has 2 aromatic rings. The molecule has 1 atom stereocenters. The number of rotatable bonds is 6. The zero-order valence-electron chi connectivity index (χ0n) is 13.6. The number of nitrogens with one attached hydrogen (secondary N) is 2. The van der Waals surface area contributed by atoms with Crippen molar-refractivity contribution in [2.24, 2.45) is 0 Å². The first-order chi connectivity index (χ1) is 13.0. The number of carbonyl (C=O) groups is 1. The fourth-order valence-corrected chi connectivity index (χ4v) is 2.98. The van der Waals surface area contributed by atoms with Gasteiger partial charge < -0.3 is 10.4 Å². The van der Waals surface area contributed by atoms with Gasteiger partial charge in [-0.05, 0) is 52.9 Å². The Balaban J connectivity index is 2.21. The van der Waals surface area contributed by atoms with E-state index in [1.807, 2.05) is 22.6 Å². The highest BCUT2D eigenvalue weighted by Gasteiger charge is 2.38. The second-order valence-electron chi connectivity index (χ2n) is 5.36. The first kappa shape index (κ1) is 22.9. The Morgan fingerprint density at radius 2 is 1.86 bits per heavy atom. The van der Waals surface area contributed by atoms with Gasteiger partial charge in [-0.2, -0.15) is 13.2 Å². The van der Waals surface area contributed by atoms with Crippen LogP contribution in [0.15, 0.2) is 30.3 Å². The Bertz CT molecular complexity index is 884. The molecule has 5 nitrogen and oxygen atoms in total. The molecule has 0 saturated carbocycles. The summed E-state index contributed by atoms with van der Waals surface area (Å²) in [7, 11) is 0. The highest BCUT2D eigenvalue weighted by atomic mass is 127. The van der Waals surface area contributed by atoms with E-state index in [-0.39, 0.29) is 21.3 Å². The molecule has 0 heterocycles. The van der Waals surface area contributed by atoms with Crippen molar-refractivity contribution in [2.75, 3.05) is 11.9 Å². The van der Waals surface area contributed by atoms with Crippen LogP contribution in [0, 0.1) is 9.39 Å². The van der Waals surface area contributed by atoms with E-state index in [0.29, 0.717) is 5.69 Å². The molecular formula is C16H11Cl2F4IN2O3. The van der Waals surface area contributed by atoms with E-state index >= 15 is 0 Å². The lowest BCUT2D eigenvalue weighted by Gasteiger charge is -2.16. The summed E-state index contributed by atoms with van der Waals surface area (Å²) in [6, 6.07) is 6.82. The van der Waals surface area contributed by atoms with Crippen molar-refractivity contribution in [3.05, 3.63) is 55.3 Å². The van der Waals surface area contributed by atoms with Crippen LogP contribution in [0.3, 0.4) is 0 Å². The van der Waals surface area contributed by atoms with Crippen molar-refractivity contribution in [1.29, 1.82) is 0 Å². The van der Waals surface area contributed by atoms with Crippen molar-refractivity contribution < 1.29 is 32.3 Å². The number of halogens is 7. The lowest BCUT2D eigenvalue weighted by atomic mass is 10.1. The number of hydrogen-bond acceptors (Lipinski definition) is 4. The SMILES string of the molecule is O=C(NOCC(O)C(F)(F)F)c1cc(Cl)c(F)cc1Nc1ccc(I)cc1Cl. The summed E-state index contributed by atoms with van der Waals surface area (Å²) >= 11 is 13.8. The van der Waals surface area contributed by atoms with Gasteiger partial charge in [0.25, 0.3) is 5.91 Å². The minimum absolute atomic E-state index is 0.0533. The maximum absolute atomic E-state index is 13.9. The van der Waals surface area contributed by atoms with Crippen LogP contribution in [0.5, 0.6) is 0 Å². The van der Waals surface area contributed by atoms with E-state index in [9.17, 15) is 22.4 Å². The Hall–Kier alpha value is -1.34. The van der Waals surface area contributed by atoms with Gasteiger partial charge in [0.2, 0.25) is 0 Å². The molecule has 0 bridgehead atoms. The van der Waals surface area contributed by atoms with Gasteiger partial charge in [0.15, 0.2) is 6.10 Å². The zero-order valence-corrected chi connectivity index (χ0v) is 17.3. The van der Waals surface area contributed by atoms with Crippen molar-refractivity contribution >= 4 is 63.1 Å². The molecular weight excluding hydrogens is 542 g/mol. The molecule has 3 N–H and O–H groups in total. The molecule has 0 aromatic heterocycles. The largest absolute Gasteiger partial charge is 0.416 e. The van der Waals surface area contributed by atoms with E-state index < -0.39 is 30.6 Å². The molecule has 12 heteroatoms. The summed E-state index contributed by atoms with van der Waals surface area (Å²) in [4.78, 5) is 16.6. The summed E-state index contributed by atoms with van der Waals surface area (Å²) in [5.74, 6) is -1.85. The fourth-order valence-electron chi connectivity index (χ4n) is 1.91. The number of hydrogen-bond donors (Lipinski definition) is 3. The van der Waals surface area contributed by atoms with Crippen LogP contribution < -0.4 is 10.8 Å². The van der Waals surface area contributed by atoms with Crippen LogP contribution in [0.1, 0.15) is 10.4 Å². The summed E-state index contributed by atoms with van der Waals surface area (Å²) < 4.78 is 51.4. The smallest absolute Gasteiger partial charge is 0.381 e. The summed E-state index contributed by atoms with van der Waals surface area (Å²) in [6.45, 7) is -1.23. The third kappa shape index (κ3) is 6.08. The van der Waals surface area contributed by atoms with E-state index in [2.05, 4.69) is 10.2 Å². The Labute approximate surface area is 180 Å². The van der Waals surface area contributed by atoms with Crippen molar-refractivity contribution in [3.63, 3.8) is 0 Å². The van der Waals surface area contributed by atoms with Gasteiger partial charge in [-0.25, -0.2) is 9.87 Å². The normalized spacial score (nSPS) is 12.6. The average Bonchev–Trinajstić information content (AvgIpc) is 2.59. The van der Waals surface area contributed by atoms with Crippen LogP contribution in [0.2, 0.25) is 10.0 Å². The predicted octanol–water partition coefficient (Wildman–Crippen LogP) is 5.07. The number of anilines is 2. The van der Waals surface area contributed by atoms with Gasteiger partial charge in [0.05, 0.1) is 27.0 Å². The Morgan fingerprint density at radius 3 is 2.46 bits per heavy atom. The monoisotopic (exact) mass is 552 g/mol. The van der Waals surface area contributed by atoms with E-state index in [4.69, 9.17) is 28.3 Å². The molecule has 0 fully saturated rings. The quantitative estimate of drug-likeness (QED) is 0.266. The molecule has 28 heavy (non-hydrogen) atoms. The lowest BCUT2D eigenvalue weighted by molar-refractivity contribution is -0.221. The number of benzene rings is 2. The van der Waals surface area contributed by atoms with Gasteiger partial charge in [-0.15, -0.1) is 0 Å². The van der Waals surface area contributed by atoms with Crippen LogP contribution >= 0.6 is 45.8 Å². The topological polar surface area (TPSA) is 70.6 Å². The van der Waals surface area contributed by atoms with Gasteiger partial charge >= 0.3 is 6.18 Å². The minimum Gasteiger partial charge on any atom is -0.381 e. The molecule has 0 radical (unpaired) electrons. The van der Waals surface area contributed by atoms with Gasteiger partial charge in [-0.3, -0.25) is 9.63 Å². The first-order valence-corrected chi connectivity index (χ1v) is 9.20.